The number of benzene rings is 2. The van der Waals surface area contributed by atoms with Crippen molar-refractivity contribution < 1.29 is 14.9 Å². The molecule has 0 bridgehead atoms. The SMILES string of the molecule is COc1cc(O)cc(C(O)CSc2ccccc2Cl)c1. The van der Waals surface area contributed by atoms with Crippen LogP contribution in [0.15, 0.2) is 47.4 Å². The van der Waals surface area contributed by atoms with Crippen LogP contribution in [0.25, 0.3) is 0 Å². The summed E-state index contributed by atoms with van der Waals surface area (Å²) in [6.45, 7) is 0. The number of ether oxygens (including phenoxy) is 1. The highest BCUT2D eigenvalue weighted by atomic mass is 35.5. The van der Waals surface area contributed by atoms with Crippen LogP contribution in [-0.4, -0.2) is 23.1 Å². The third-order valence-electron chi connectivity index (χ3n) is 2.77. The van der Waals surface area contributed by atoms with Gasteiger partial charge in [0, 0.05) is 16.7 Å². The lowest BCUT2D eigenvalue weighted by Gasteiger charge is -2.13. The maximum Gasteiger partial charge on any atom is 0.122 e. The number of aliphatic hydroxyl groups is 1. The molecule has 2 rings (SSSR count). The molecule has 0 fully saturated rings. The molecule has 0 aliphatic carbocycles. The van der Waals surface area contributed by atoms with E-state index >= 15 is 0 Å². The first-order valence-electron chi connectivity index (χ1n) is 6.03. The highest BCUT2D eigenvalue weighted by Crippen LogP contribution is 2.32. The molecule has 2 aromatic carbocycles. The fourth-order valence-electron chi connectivity index (χ4n) is 1.74. The quantitative estimate of drug-likeness (QED) is 0.823. The Hall–Kier alpha value is -1.36. The van der Waals surface area contributed by atoms with E-state index in [-0.39, 0.29) is 5.75 Å². The van der Waals surface area contributed by atoms with Gasteiger partial charge in [0.05, 0.1) is 18.2 Å². The zero-order valence-corrected chi connectivity index (χ0v) is 12.5. The summed E-state index contributed by atoms with van der Waals surface area (Å²) in [6.07, 6.45) is -0.711. The van der Waals surface area contributed by atoms with Crippen LogP contribution in [0.2, 0.25) is 5.02 Å². The van der Waals surface area contributed by atoms with Crippen molar-refractivity contribution in [1.29, 1.82) is 0 Å². The van der Waals surface area contributed by atoms with Gasteiger partial charge < -0.3 is 14.9 Å². The minimum absolute atomic E-state index is 0.0705. The van der Waals surface area contributed by atoms with E-state index in [1.807, 2.05) is 24.3 Å². The first kappa shape index (κ1) is 15.0. The topological polar surface area (TPSA) is 49.7 Å². The molecule has 0 amide bonds. The van der Waals surface area contributed by atoms with Gasteiger partial charge in [-0.25, -0.2) is 0 Å². The number of rotatable bonds is 5. The standard InChI is InChI=1S/C15H15ClO3S/c1-19-12-7-10(6-11(17)8-12)14(18)9-20-15-5-3-2-4-13(15)16/h2-8,14,17-18H,9H2,1H3. The van der Waals surface area contributed by atoms with Crippen molar-refractivity contribution in [1.82, 2.24) is 0 Å². The van der Waals surface area contributed by atoms with Gasteiger partial charge in [-0.3, -0.25) is 0 Å². The van der Waals surface area contributed by atoms with Gasteiger partial charge in [-0.2, -0.15) is 0 Å². The lowest BCUT2D eigenvalue weighted by Crippen LogP contribution is -2.01. The molecule has 0 spiro atoms. The molecular weight excluding hydrogens is 296 g/mol. The minimum atomic E-state index is -0.711. The van der Waals surface area contributed by atoms with E-state index in [0.29, 0.717) is 22.1 Å². The van der Waals surface area contributed by atoms with Crippen LogP contribution in [-0.2, 0) is 0 Å². The average molecular weight is 311 g/mol. The Balaban J connectivity index is 2.07. The minimum Gasteiger partial charge on any atom is -0.508 e. The molecular formula is C15H15ClO3S. The Labute approximate surface area is 127 Å². The largest absolute Gasteiger partial charge is 0.508 e. The van der Waals surface area contributed by atoms with E-state index in [1.54, 1.807) is 6.07 Å². The van der Waals surface area contributed by atoms with Crippen LogP contribution >= 0.6 is 23.4 Å². The zero-order chi connectivity index (χ0) is 14.5. The number of hydrogen-bond acceptors (Lipinski definition) is 4. The van der Waals surface area contributed by atoms with Crippen LogP contribution in [0.4, 0.5) is 0 Å². The van der Waals surface area contributed by atoms with E-state index in [0.717, 1.165) is 4.90 Å². The highest BCUT2D eigenvalue weighted by Gasteiger charge is 2.12. The number of phenols is 1. The van der Waals surface area contributed by atoms with Crippen molar-refractivity contribution in [3.8, 4) is 11.5 Å². The van der Waals surface area contributed by atoms with Crippen LogP contribution in [0.1, 0.15) is 11.7 Å². The first-order chi connectivity index (χ1) is 9.60. The summed E-state index contributed by atoms with van der Waals surface area (Å²) in [5.74, 6) is 1.03. The normalized spacial score (nSPS) is 12.2. The second-order valence-electron chi connectivity index (χ2n) is 4.22. The third kappa shape index (κ3) is 3.82. The van der Waals surface area contributed by atoms with Crippen molar-refractivity contribution >= 4 is 23.4 Å². The molecule has 5 heteroatoms. The van der Waals surface area contributed by atoms with E-state index in [9.17, 15) is 10.2 Å². The molecule has 1 unspecified atom stereocenters. The van der Waals surface area contributed by atoms with Gasteiger partial charge in [0.2, 0.25) is 0 Å². The van der Waals surface area contributed by atoms with Crippen LogP contribution in [0, 0.1) is 0 Å². The fraction of sp³-hybridized carbons (Fsp3) is 0.200. The predicted molar refractivity (Wildman–Crippen MR) is 81.8 cm³/mol. The van der Waals surface area contributed by atoms with Gasteiger partial charge in [0.25, 0.3) is 0 Å². The van der Waals surface area contributed by atoms with Crippen molar-refractivity contribution in [3.05, 3.63) is 53.1 Å². The summed E-state index contributed by atoms with van der Waals surface area (Å²) >= 11 is 7.53. The number of thioether (sulfide) groups is 1. The number of halogens is 1. The van der Waals surface area contributed by atoms with Crippen molar-refractivity contribution in [2.75, 3.05) is 12.9 Å². The summed E-state index contributed by atoms with van der Waals surface area (Å²) in [7, 11) is 1.52. The molecule has 0 aliphatic rings. The number of aliphatic hydroxyl groups excluding tert-OH is 1. The molecule has 0 aliphatic heterocycles. The Morgan fingerprint density at radius 1 is 1.25 bits per heavy atom. The van der Waals surface area contributed by atoms with Crippen LogP contribution in [0.3, 0.4) is 0 Å². The van der Waals surface area contributed by atoms with Gasteiger partial charge in [-0.1, -0.05) is 23.7 Å². The Bertz CT molecular complexity index is 589. The van der Waals surface area contributed by atoms with Gasteiger partial charge in [-0.15, -0.1) is 11.8 Å². The fourth-order valence-corrected chi connectivity index (χ4v) is 2.95. The van der Waals surface area contributed by atoms with E-state index < -0.39 is 6.10 Å². The number of phenolic OH excluding ortho intramolecular Hbond substituents is 1. The van der Waals surface area contributed by atoms with Gasteiger partial charge in [0.1, 0.15) is 11.5 Å². The number of aromatic hydroxyl groups is 1. The lowest BCUT2D eigenvalue weighted by molar-refractivity contribution is 0.203. The van der Waals surface area contributed by atoms with E-state index in [4.69, 9.17) is 16.3 Å². The molecule has 3 nitrogen and oxygen atoms in total. The second-order valence-corrected chi connectivity index (χ2v) is 5.69. The molecule has 0 radical (unpaired) electrons. The molecule has 0 saturated carbocycles. The Morgan fingerprint density at radius 2 is 2.00 bits per heavy atom. The molecule has 2 N–H and O–H groups in total. The predicted octanol–water partition coefficient (Wildman–Crippen LogP) is 3.88. The zero-order valence-electron chi connectivity index (χ0n) is 10.9. The number of methoxy groups -OCH3 is 1. The third-order valence-corrected chi connectivity index (χ3v) is 4.36. The molecule has 106 valence electrons. The van der Waals surface area contributed by atoms with Crippen molar-refractivity contribution in [2.24, 2.45) is 0 Å². The monoisotopic (exact) mass is 310 g/mol. The molecule has 2 aromatic rings. The van der Waals surface area contributed by atoms with Gasteiger partial charge >= 0.3 is 0 Å². The molecule has 0 aromatic heterocycles. The summed E-state index contributed by atoms with van der Waals surface area (Å²) < 4.78 is 5.07. The van der Waals surface area contributed by atoms with Crippen LogP contribution in [0.5, 0.6) is 11.5 Å². The average Bonchev–Trinajstić information content (AvgIpc) is 2.45. The summed E-state index contributed by atoms with van der Waals surface area (Å²) in [6, 6.07) is 12.2. The maximum absolute atomic E-state index is 10.2. The Kier molecular flexibility index (Phi) is 5.17. The van der Waals surface area contributed by atoms with E-state index in [1.165, 1.54) is 31.0 Å². The van der Waals surface area contributed by atoms with Crippen molar-refractivity contribution in [3.63, 3.8) is 0 Å². The van der Waals surface area contributed by atoms with Gasteiger partial charge in [-0.05, 0) is 29.8 Å². The summed E-state index contributed by atoms with van der Waals surface area (Å²) in [4.78, 5) is 0.917. The molecule has 20 heavy (non-hydrogen) atoms. The van der Waals surface area contributed by atoms with Crippen molar-refractivity contribution in [2.45, 2.75) is 11.0 Å². The highest BCUT2D eigenvalue weighted by molar-refractivity contribution is 7.99. The molecule has 0 heterocycles. The maximum atomic E-state index is 10.2. The Morgan fingerprint density at radius 3 is 2.70 bits per heavy atom. The second kappa shape index (κ2) is 6.88. The molecule has 1 atom stereocenters. The van der Waals surface area contributed by atoms with Gasteiger partial charge in [0.15, 0.2) is 0 Å². The lowest BCUT2D eigenvalue weighted by atomic mass is 10.1. The summed E-state index contributed by atoms with van der Waals surface area (Å²) in [5, 5.41) is 20.4. The smallest absolute Gasteiger partial charge is 0.122 e. The van der Waals surface area contributed by atoms with E-state index in [2.05, 4.69) is 0 Å². The number of hydrogen-bond donors (Lipinski definition) is 2. The van der Waals surface area contributed by atoms with Crippen LogP contribution < -0.4 is 4.74 Å². The molecule has 0 saturated heterocycles. The first-order valence-corrected chi connectivity index (χ1v) is 7.40. The summed E-state index contributed by atoms with van der Waals surface area (Å²) in [5.41, 5.74) is 0.612.